The third-order valence-electron chi connectivity index (χ3n) is 5.35. The molecular weight excluding hydrogens is 477 g/mol. The van der Waals surface area contributed by atoms with Crippen molar-refractivity contribution in [2.24, 2.45) is 0 Å². The highest BCUT2D eigenvalue weighted by Gasteiger charge is 2.31. The number of carbonyl (C=O) groups is 1. The number of anilines is 1. The van der Waals surface area contributed by atoms with Crippen LogP contribution >= 0.6 is 11.8 Å². The molecule has 2 aromatic rings. The number of carbonyl (C=O) groups excluding carboxylic acids is 1. The zero-order valence-electron chi connectivity index (χ0n) is 19.0. The van der Waals surface area contributed by atoms with Gasteiger partial charge in [-0.05, 0) is 54.8 Å². The van der Waals surface area contributed by atoms with Crippen LogP contribution in [0.5, 0.6) is 5.75 Å². The number of thioether (sulfide) groups is 1. The lowest BCUT2D eigenvalue weighted by Crippen LogP contribution is -2.27. The van der Waals surface area contributed by atoms with Crippen molar-refractivity contribution in [3.63, 3.8) is 0 Å². The summed E-state index contributed by atoms with van der Waals surface area (Å²) in [6, 6.07) is 16.5. The van der Waals surface area contributed by atoms with Crippen LogP contribution in [0.4, 0.5) is 18.9 Å². The van der Waals surface area contributed by atoms with E-state index in [0.717, 1.165) is 16.8 Å². The van der Waals surface area contributed by atoms with Crippen LogP contribution < -0.4 is 10.1 Å². The largest absolute Gasteiger partial charge is 0.573 e. The molecule has 2 aromatic carbocycles. The van der Waals surface area contributed by atoms with E-state index in [-0.39, 0.29) is 11.7 Å². The average Bonchev–Trinajstić information content (AvgIpc) is 3.24. The molecule has 1 unspecified atom stereocenters. The summed E-state index contributed by atoms with van der Waals surface area (Å²) >= 11 is 1.36. The van der Waals surface area contributed by atoms with E-state index < -0.39 is 12.4 Å². The van der Waals surface area contributed by atoms with Crippen molar-refractivity contribution >= 4 is 23.4 Å². The zero-order valence-corrected chi connectivity index (χ0v) is 19.9. The van der Waals surface area contributed by atoms with Crippen LogP contribution in [-0.4, -0.2) is 26.8 Å². The molecule has 1 amide bonds. The average molecular weight is 501 g/mol. The molecule has 0 aliphatic carbocycles. The molecule has 6 nitrogen and oxygen atoms in total. The first-order chi connectivity index (χ1) is 16.7. The number of nitrogens with one attached hydrogen (secondary N) is 1. The summed E-state index contributed by atoms with van der Waals surface area (Å²) in [6.45, 7) is 3.87. The number of benzene rings is 2. The number of nitrogens with zero attached hydrogens (tertiary/aromatic N) is 3. The maximum Gasteiger partial charge on any atom is 0.573 e. The van der Waals surface area contributed by atoms with Crippen LogP contribution in [0.15, 0.2) is 72.0 Å². The lowest BCUT2D eigenvalue weighted by Gasteiger charge is -2.21. The Kier molecular flexibility index (Phi) is 7.30. The van der Waals surface area contributed by atoms with E-state index in [1.807, 2.05) is 61.0 Å². The Hall–Kier alpha value is -3.53. The van der Waals surface area contributed by atoms with Gasteiger partial charge in [-0.1, -0.05) is 49.0 Å². The van der Waals surface area contributed by atoms with Gasteiger partial charge >= 0.3 is 6.36 Å². The zero-order chi connectivity index (χ0) is 25.0. The molecule has 10 heteroatoms. The van der Waals surface area contributed by atoms with E-state index in [1.54, 1.807) is 12.1 Å². The van der Waals surface area contributed by atoms with E-state index >= 15 is 0 Å². The minimum Gasteiger partial charge on any atom is -0.406 e. The van der Waals surface area contributed by atoms with Gasteiger partial charge in [-0.15, -0.1) is 13.2 Å². The molecule has 35 heavy (non-hydrogen) atoms. The smallest absolute Gasteiger partial charge is 0.406 e. The minimum absolute atomic E-state index is 0.141. The quantitative estimate of drug-likeness (QED) is 0.281. The number of imidazole rings is 1. The number of pyridine rings is 1. The summed E-state index contributed by atoms with van der Waals surface area (Å²) in [5.74, 6) is 0.652. The van der Waals surface area contributed by atoms with Gasteiger partial charge in [0.15, 0.2) is 11.0 Å². The maximum atomic E-state index is 13.1. The van der Waals surface area contributed by atoms with E-state index in [9.17, 15) is 18.0 Å². The number of aromatic nitrogens is 3. The number of alkyl halides is 3. The Morgan fingerprint density at radius 2 is 1.83 bits per heavy atom. The third-order valence-corrected chi connectivity index (χ3v) is 6.26. The highest BCUT2D eigenvalue weighted by atomic mass is 32.2. The Bertz CT molecular complexity index is 1270. The van der Waals surface area contributed by atoms with Gasteiger partial charge in [0.05, 0.1) is 0 Å². The van der Waals surface area contributed by atoms with Crippen molar-refractivity contribution in [3.8, 4) is 17.3 Å². The number of rotatable bonds is 8. The fourth-order valence-electron chi connectivity index (χ4n) is 3.61. The summed E-state index contributed by atoms with van der Waals surface area (Å²) in [6.07, 6.45) is -2.35. The molecular formula is C25H23F3N4O2S. The summed E-state index contributed by atoms with van der Waals surface area (Å²) < 4.78 is 42.7. The molecule has 182 valence electrons. The van der Waals surface area contributed by atoms with Gasteiger partial charge in [0, 0.05) is 17.6 Å². The number of amides is 1. The number of para-hydroxylation sites is 1. The van der Waals surface area contributed by atoms with Gasteiger partial charge in [-0.3, -0.25) is 4.79 Å². The second-order valence-electron chi connectivity index (χ2n) is 7.84. The minimum atomic E-state index is -4.72. The lowest BCUT2D eigenvalue weighted by atomic mass is 10.1. The van der Waals surface area contributed by atoms with Gasteiger partial charge < -0.3 is 14.6 Å². The molecule has 0 saturated heterocycles. The Labute approximate surface area is 204 Å². The molecule has 0 aromatic heterocycles. The number of fused-ring (bicyclic) bond motifs is 1. The number of aryl methyl sites for hydroxylation is 1. The molecule has 2 heterocycles. The van der Waals surface area contributed by atoms with Crippen LogP contribution in [0, 0.1) is 6.92 Å². The fraction of sp³-hybridized carbons (Fsp3) is 0.240. The molecule has 0 bridgehead atoms. The Morgan fingerprint density at radius 1 is 1.09 bits per heavy atom. The van der Waals surface area contributed by atoms with Gasteiger partial charge in [-0.25, -0.2) is 9.97 Å². The SMILES string of the molecule is CCC(C(=O)Nc1ccccc1C)n1cccc2nc(SCc3ccc(OC(F)(F)F)cc3)nc1-2. The normalized spacial score (nSPS) is 12.5. The predicted molar refractivity (Wildman–Crippen MR) is 128 cm³/mol. The van der Waals surface area contributed by atoms with E-state index in [4.69, 9.17) is 0 Å². The molecule has 0 spiro atoms. The van der Waals surface area contributed by atoms with Crippen LogP contribution in [-0.2, 0) is 10.5 Å². The van der Waals surface area contributed by atoms with Gasteiger partial charge in [0.25, 0.3) is 0 Å². The Morgan fingerprint density at radius 3 is 2.51 bits per heavy atom. The second-order valence-corrected chi connectivity index (χ2v) is 8.78. The first-order valence-electron chi connectivity index (χ1n) is 10.9. The van der Waals surface area contributed by atoms with Crippen LogP contribution in [0.25, 0.3) is 11.5 Å². The number of ether oxygens (including phenoxy) is 1. The molecule has 0 saturated carbocycles. The van der Waals surface area contributed by atoms with E-state index in [1.165, 1.54) is 23.9 Å². The lowest BCUT2D eigenvalue weighted by molar-refractivity contribution is -0.274. The van der Waals surface area contributed by atoms with Gasteiger partial charge in [0.1, 0.15) is 17.5 Å². The number of hydrogen-bond acceptors (Lipinski definition) is 5. The first-order valence-corrected chi connectivity index (χ1v) is 11.9. The second kappa shape index (κ2) is 10.4. The Balaban J connectivity index is 1.49. The molecule has 2 aliphatic heterocycles. The van der Waals surface area contributed by atoms with Gasteiger partial charge in [0.2, 0.25) is 5.91 Å². The molecule has 1 N–H and O–H groups in total. The van der Waals surface area contributed by atoms with Crippen molar-refractivity contribution in [2.75, 3.05) is 5.32 Å². The third kappa shape index (κ3) is 6.13. The topological polar surface area (TPSA) is 69.0 Å². The summed E-state index contributed by atoms with van der Waals surface area (Å²) in [7, 11) is 0. The van der Waals surface area contributed by atoms with Crippen LogP contribution in [0.2, 0.25) is 0 Å². The maximum absolute atomic E-state index is 13.1. The molecule has 0 radical (unpaired) electrons. The van der Waals surface area contributed by atoms with Crippen molar-refractivity contribution in [2.45, 2.75) is 43.6 Å². The first kappa shape index (κ1) is 24.6. The predicted octanol–water partition coefficient (Wildman–Crippen LogP) is 6.47. The monoisotopic (exact) mass is 500 g/mol. The highest BCUT2D eigenvalue weighted by molar-refractivity contribution is 7.98. The van der Waals surface area contributed by atoms with Crippen molar-refractivity contribution in [3.05, 3.63) is 78.0 Å². The fourth-order valence-corrected chi connectivity index (χ4v) is 4.42. The van der Waals surface area contributed by atoms with Gasteiger partial charge in [-0.2, -0.15) is 0 Å². The van der Waals surface area contributed by atoms with Crippen molar-refractivity contribution in [1.82, 2.24) is 14.5 Å². The number of halogens is 3. The van der Waals surface area contributed by atoms with Crippen LogP contribution in [0.1, 0.15) is 30.5 Å². The standard InChI is InChI=1S/C25H23F3N4O2S/c1-3-21(23(33)29-19-8-5-4-7-16(19)2)32-14-6-9-20-22(32)31-24(30-20)35-15-17-10-12-18(13-11-17)34-25(26,27)28/h4-14,21H,3,15H2,1-2H3,(H,29,33). The van der Waals surface area contributed by atoms with Crippen LogP contribution in [0.3, 0.4) is 0 Å². The summed E-state index contributed by atoms with van der Waals surface area (Å²) in [5.41, 5.74) is 3.20. The summed E-state index contributed by atoms with van der Waals surface area (Å²) in [5, 5.41) is 3.52. The molecule has 0 fully saturated rings. The highest BCUT2D eigenvalue weighted by Crippen LogP contribution is 2.30. The van der Waals surface area contributed by atoms with E-state index in [0.29, 0.717) is 28.8 Å². The molecule has 4 rings (SSSR count). The summed E-state index contributed by atoms with van der Waals surface area (Å²) in [4.78, 5) is 22.3. The van der Waals surface area contributed by atoms with Crippen molar-refractivity contribution < 1.29 is 22.7 Å². The van der Waals surface area contributed by atoms with E-state index in [2.05, 4.69) is 20.0 Å². The molecule has 2 aliphatic rings. The molecule has 1 atom stereocenters. The van der Waals surface area contributed by atoms with Crippen molar-refractivity contribution in [1.29, 1.82) is 0 Å². The number of hydrogen-bond donors (Lipinski definition) is 1.